The maximum atomic E-state index is 5.95. The van der Waals surface area contributed by atoms with E-state index < -0.39 is 8.72 Å². The Balaban J connectivity index is 2.11. The highest BCUT2D eigenvalue weighted by Crippen LogP contribution is 2.40. The molecule has 0 aromatic carbocycles. The van der Waals surface area contributed by atoms with Crippen molar-refractivity contribution < 1.29 is 8.85 Å². The van der Waals surface area contributed by atoms with Crippen LogP contribution in [0.15, 0.2) is 0 Å². The lowest BCUT2D eigenvalue weighted by atomic mass is 10.0. The second-order valence-corrected chi connectivity index (χ2v) is 8.59. The van der Waals surface area contributed by atoms with Gasteiger partial charge in [0.1, 0.15) is 0 Å². The highest BCUT2D eigenvalue weighted by molar-refractivity contribution is 6.66. The van der Waals surface area contributed by atoms with Crippen molar-refractivity contribution in [3.8, 4) is 0 Å². The summed E-state index contributed by atoms with van der Waals surface area (Å²) in [5.41, 5.74) is 0.689. The number of hydrogen-bond donors (Lipinski definition) is 0. The minimum atomic E-state index is -2.08. The summed E-state index contributed by atoms with van der Waals surface area (Å²) < 4.78 is 14.5. The molecule has 2 fully saturated rings. The van der Waals surface area contributed by atoms with Crippen molar-refractivity contribution in [1.29, 1.82) is 0 Å². The fourth-order valence-electron chi connectivity index (χ4n) is 3.43. The molecule has 0 N–H and O–H groups in total. The lowest BCUT2D eigenvalue weighted by Gasteiger charge is -2.42. The summed E-state index contributed by atoms with van der Waals surface area (Å²) in [6, 6.07) is 0. The standard InChI is InChI=1S/C12H25NO2Si/c1-14-16(15-2,13-10-6-7-11-13)12-8-4-3-5-9-12/h12H,3-11H2,1-2H3. The molecule has 1 aliphatic heterocycles. The molecule has 1 heterocycles. The smallest absolute Gasteiger partial charge is 0.386 e. The highest BCUT2D eigenvalue weighted by atomic mass is 28.4. The first-order chi connectivity index (χ1) is 7.83. The van der Waals surface area contributed by atoms with E-state index in [1.165, 1.54) is 58.0 Å². The van der Waals surface area contributed by atoms with E-state index in [-0.39, 0.29) is 0 Å². The van der Waals surface area contributed by atoms with Gasteiger partial charge in [0.15, 0.2) is 0 Å². The lowest BCUT2D eigenvalue weighted by molar-refractivity contribution is 0.153. The molecule has 0 bridgehead atoms. The Morgan fingerprint density at radius 3 is 1.94 bits per heavy atom. The molecular weight excluding hydrogens is 218 g/mol. The van der Waals surface area contributed by atoms with Crippen molar-refractivity contribution in [2.24, 2.45) is 0 Å². The molecule has 3 nitrogen and oxygen atoms in total. The molecule has 2 rings (SSSR count). The van der Waals surface area contributed by atoms with Gasteiger partial charge in [-0.15, -0.1) is 0 Å². The van der Waals surface area contributed by atoms with Crippen molar-refractivity contribution in [3.05, 3.63) is 0 Å². The highest BCUT2D eigenvalue weighted by Gasteiger charge is 2.51. The third kappa shape index (κ3) is 2.21. The van der Waals surface area contributed by atoms with Crippen molar-refractivity contribution in [1.82, 2.24) is 4.57 Å². The minimum absolute atomic E-state index is 0.689. The van der Waals surface area contributed by atoms with Crippen LogP contribution in [-0.4, -0.2) is 40.6 Å². The Kier molecular flexibility index (Phi) is 4.41. The Morgan fingerprint density at radius 1 is 0.875 bits per heavy atom. The summed E-state index contributed by atoms with van der Waals surface area (Å²) in [4.78, 5) is 0. The van der Waals surface area contributed by atoms with Crippen LogP contribution < -0.4 is 0 Å². The first-order valence-electron chi connectivity index (χ1n) is 6.69. The van der Waals surface area contributed by atoms with Crippen LogP contribution in [0.5, 0.6) is 0 Å². The van der Waals surface area contributed by atoms with Gasteiger partial charge in [-0.2, -0.15) is 0 Å². The maximum Gasteiger partial charge on any atom is 0.430 e. The molecule has 0 aromatic heterocycles. The largest absolute Gasteiger partial charge is 0.430 e. The molecule has 0 amide bonds. The van der Waals surface area contributed by atoms with Gasteiger partial charge < -0.3 is 8.85 Å². The van der Waals surface area contributed by atoms with Crippen LogP contribution in [0, 0.1) is 0 Å². The molecule has 0 unspecified atom stereocenters. The third-order valence-corrected chi connectivity index (χ3v) is 8.36. The lowest BCUT2D eigenvalue weighted by Crippen LogP contribution is -2.60. The SMILES string of the molecule is CO[Si](OC)(C1CCCCC1)N1CCCC1. The predicted molar refractivity (Wildman–Crippen MR) is 67.4 cm³/mol. The average molecular weight is 243 g/mol. The second kappa shape index (κ2) is 5.62. The topological polar surface area (TPSA) is 21.7 Å². The van der Waals surface area contributed by atoms with Gasteiger partial charge >= 0.3 is 8.72 Å². The number of nitrogens with zero attached hydrogens (tertiary/aromatic N) is 1. The molecule has 0 spiro atoms. The Labute approximate surface area is 100 Å². The molecule has 0 radical (unpaired) electrons. The summed E-state index contributed by atoms with van der Waals surface area (Å²) in [6.07, 6.45) is 9.37. The van der Waals surface area contributed by atoms with Crippen molar-refractivity contribution in [2.75, 3.05) is 27.3 Å². The van der Waals surface area contributed by atoms with Crippen molar-refractivity contribution in [3.63, 3.8) is 0 Å². The average Bonchev–Trinajstić information content (AvgIpc) is 2.87. The molecule has 0 aromatic rings. The first kappa shape index (κ1) is 12.6. The van der Waals surface area contributed by atoms with E-state index in [1.54, 1.807) is 0 Å². The van der Waals surface area contributed by atoms with Crippen LogP contribution in [0.2, 0.25) is 5.54 Å². The zero-order chi connectivity index (χ0) is 11.4. The zero-order valence-corrected chi connectivity index (χ0v) is 11.7. The number of hydrogen-bond acceptors (Lipinski definition) is 3. The normalized spacial score (nSPS) is 25.1. The quantitative estimate of drug-likeness (QED) is 0.709. The number of rotatable bonds is 4. The summed E-state index contributed by atoms with van der Waals surface area (Å²) >= 11 is 0. The molecule has 16 heavy (non-hydrogen) atoms. The fourth-order valence-corrected chi connectivity index (χ4v) is 7.37. The van der Waals surface area contributed by atoms with Gasteiger partial charge in [0.25, 0.3) is 0 Å². The van der Waals surface area contributed by atoms with Gasteiger partial charge in [0.05, 0.1) is 0 Å². The zero-order valence-electron chi connectivity index (χ0n) is 10.7. The van der Waals surface area contributed by atoms with Gasteiger partial charge in [0, 0.05) is 19.8 Å². The van der Waals surface area contributed by atoms with E-state index in [2.05, 4.69) is 4.57 Å². The van der Waals surface area contributed by atoms with Crippen LogP contribution in [-0.2, 0) is 8.85 Å². The third-order valence-electron chi connectivity index (χ3n) is 4.25. The van der Waals surface area contributed by atoms with Gasteiger partial charge in [0.2, 0.25) is 0 Å². The molecule has 1 saturated heterocycles. The van der Waals surface area contributed by atoms with Gasteiger partial charge in [-0.25, -0.2) is 0 Å². The van der Waals surface area contributed by atoms with E-state index >= 15 is 0 Å². The Hall–Kier alpha value is 0.0969. The van der Waals surface area contributed by atoms with Gasteiger partial charge in [-0.3, -0.25) is 4.57 Å². The van der Waals surface area contributed by atoms with E-state index in [0.29, 0.717) is 5.54 Å². The monoisotopic (exact) mass is 243 g/mol. The van der Waals surface area contributed by atoms with Crippen LogP contribution in [0.1, 0.15) is 44.9 Å². The van der Waals surface area contributed by atoms with Crippen LogP contribution in [0.4, 0.5) is 0 Å². The molecule has 4 heteroatoms. The Bertz CT molecular complexity index is 209. The molecule has 94 valence electrons. The van der Waals surface area contributed by atoms with E-state index in [4.69, 9.17) is 8.85 Å². The van der Waals surface area contributed by atoms with Crippen LogP contribution in [0.3, 0.4) is 0 Å². The summed E-state index contributed by atoms with van der Waals surface area (Å²) in [7, 11) is 1.65. The summed E-state index contributed by atoms with van der Waals surface area (Å²) in [5, 5.41) is 0. The molecule has 0 atom stereocenters. The van der Waals surface area contributed by atoms with E-state index in [1.807, 2.05) is 14.2 Å². The van der Waals surface area contributed by atoms with Crippen molar-refractivity contribution in [2.45, 2.75) is 50.5 Å². The second-order valence-electron chi connectivity index (χ2n) is 5.07. The predicted octanol–water partition coefficient (Wildman–Crippen LogP) is 2.65. The maximum absolute atomic E-state index is 5.95. The van der Waals surface area contributed by atoms with Crippen LogP contribution in [0.25, 0.3) is 0 Å². The molecule has 1 saturated carbocycles. The molecule has 2 aliphatic rings. The van der Waals surface area contributed by atoms with Gasteiger partial charge in [-0.1, -0.05) is 19.3 Å². The fraction of sp³-hybridized carbons (Fsp3) is 1.00. The van der Waals surface area contributed by atoms with Crippen molar-refractivity contribution >= 4 is 8.72 Å². The minimum Gasteiger partial charge on any atom is -0.386 e. The Morgan fingerprint density at radius 2 is 1.44 bits per heavy atom. The van der Waals surface area contributed by atoms with Crippen LogP contribution >= 0.6 is 0 Å². The van der Waals surface area contributed by atoms with E-state index in [9.17, 15) is 0 Å². The first-order valence-corrected chi connectivity index (χ1v) is 8.53. The molecule has 1 aliphatic carbocycles. The summed E-state index contributed by atoms with van der Waals surface area (Å²) in [6.45, 7) is 2.37. The summed E-state index contributed by atoms with van der Waals surface area (Å²) in [5.74, 6) is 0. The molecular formula is C12H25NO2Si. The van der Waals surface area contributed by atoms with E-state index in [0.717, 1.165) is 0 Å². The van der Waals surface area contributed by atoms with Gasteiger partial charge in [-0.05, 0) is 38.8 Å².